The summed E-state index contributed by atoms with van der Waals surface area (Å²) in [5.41, 5.74) is 1.30. The number of piperidine rings is 1. The number of fused-ring (bicyclic) bond motifs is 2. The highest BCUT2D eigenvalue weighted by atomic mass is 35.5. The zero-order valence-electron chi connectivity index (χ0n) is 11.0. The molecule has 0 N–H and O–H groups in total. The average Bonchev–Trinajstić information content (AvgIpc) is 2.65. The van der Waals surface area contributed by atoms with Gasteiger partial charge in [-0.05, 0) is 55.8 Å². The van der Waals surface area contributed by atoms with Gasteiger partial charge in [-0.3, -0.25) is 0 Å². The van der Waals surface area contributed by atoms with Crippen molar-refractivity contribution in [3.8, 4) is 0 Å². The van der Waals surface area contributed by atoms with Crippen LogP contribution in [-0.2, 0) is 0 Å². The van der Waals surface area contributed by atoms with Gasteiger partial charge < -0.3 is 4.90 Å². The summed E-state index contributed by atoms with van der Waals surface area (Å²) in [5.74, 6) is 1.75. The third-order valence-electron chi connectivity index (χ3n) is 4.98. The summed E-state index contributed by atoms with van der Waals surface area (Å²) in [6.45, 7) is 0. The zero-order valence-corrected chi connectivity index (χ0v) is 13.2. The minimum absolute atomic E-state index is 0.515. The zero-order chi connectivity index (χ0) is 13.6. The fourth-order valence-electron chi connectivity index (χ4n) is 3.91. The quantitative estimate of drug-likeness (QED) is 0.708. The molecular formula is C15H18Cl3N. The SMILES string of the molecule is CN1C2CCC1[C@@H](CCl)[C@@H](c1ccc(Cl)c(Cl)c1)C2. The number of rotatable bonds is 2. The second-order valence-corrected chi connectivity index (χ2v) is 6.92. The molecule has 2 unspecified atom stereocenters. The number of nitrogens with zero attached hydrogens (tertiary/aromatic N) is 1. The monoisotopic (exact) mass is 317 g/mol. The van der Waals surface area contributed by atoms with Crippen LogP contribution in [0.25, 0.3) is 0 Å². The van der Waals surface area contributed by atoms with Crippen molar-refractivity contribution >= 4 is 34.8 Å². The van der Waals surface area contributed by atoms with Gasteiger partial charge in [0.15, 0.2) is 0 Å². The van der Waals surface area contributed by atoms with Crippen molar-refractivity contribution in [2.24, 2.45) is 5.92 Å². The van der Waals surface area contributed by atoms with Gasteiger partial charge in [-0.1, -0.05) is 29.3 Å². The predicted octanol–water partition coefficient (Wildman–Crippen LogP) is 4.80. The highest BCUT2D eigenvalue weighted by Crippen LogP contribution is 2.47. The van der Waals surface area contributed by atoms with Gasteiger partial charge in [0.25, 0.3) is 0 Å². The van der Waals surface area contributed by atoms with Crippen LogP contribution in [-0.4, -0.2) is 29.9 Å². The first-order valence-corrected chi connectivity index (χ1v) is 8.13. The predicted molar refractivity (Wildman–Crippen MR) is 82.6 cm³/mol. The molecule has 2 aliphatic rings. The maximum Gasteiger partial charge on any atom is 0.0595 e. The van der Waals surface area contributed by atoms with Gasteiger partial charge >= 0.3 is 0 Å². The molecule has 0 saturated carbocycles. The number of benzene rings is 1. The lowest BCUT2D eigenvalue weighted by Crippen LogP contribution is -2.46. The number of hydrogen-bond acceptors (Lipinski definition) is 1. The van der Waals surface area contributed by atoms with Gasteiger partial charge in [-0.2, -0.15) is 0 Å². The lowest BCUT2D eigenvalue weighted by atomic mass is 9.77. The van der Waals surface area contributed by atoms with E-state index in [1.807, 2.05) is 12.1 Å². The Morgan fingerprint density at radius 1 is 1.21 bits per heavy atom. The first-order valence-electron chi connectivity index (χ1n) is 6.84. The Kier molecular flexibility index (Phi) is 4.01. The molecule has 0 spiro atoms. The Balaban J connectivity index is 1.93. The Hall–Kier alpha value is 0.0500. The fraction of sp³-hybridized carbons (Fsp3) is 0.600. The standard InChI is InChI=1S/C15H18Cl3N/c1-19-10-3-5-15(19)12(8-16)11(7-10)9-2-4-13(17)14(18)6-9/h2,4,6,10-12,15H,3,5,7-8H2,1H3/t10?,11-,12+,15?/m1/s1. The third-order valence-corrected chi connectivity index (χ3v) is 6.08. The Morgan fingerprint density at radius 2 is 2.00 bits per heavy atom. The fourth-order valence-corrected chi connectivity index (χ4v) is 4.64. The van der Waals surface area contributed by atoms with E-state index in [0.717, 1.165) is 0 Å². The molecule has 4 atom stereocenters. The van der Waals surface area contributed by atoms with Crippen LogP contribution in [0.1, 0.15) is 30.7 Å². The van der Waals surface area contributed by atoms with Crippen LogP contribution in [0.4, 0.5) is 0 Å². The molecule has 1 nitrogen and oxygen atoms in total. The van der Waals surface area contributed by atoms with E-state index in [2.05, 4.69) is 18.0 Å². The van der Waals surface area contributed by atoms with E-state index in [-0.39, 0.29) is 0 Å². The van der Waals surface area contributed by atoms with Crippen LogP contribution >= 0.6 is 34.8 Å². The van der Waals surface area contributed by atoms with Crippen molar-refractivity contribution in [1.29, 1.82) is 0 Å². The van der Waals surface area contributed by atoms with Gasteiger partial charge in [0, 0.05) is 18.0 Å². The van der Waals surface area contributed by atoms with Crippen molar-refractivity contribution in [3.63, 3.8) is 0 Å². The Bertz CT molecular complexity index is 476. The molecule has 2 saturated heterocycles. The largest absolute Gasteiger partial charge is 0.300 e. The molecular weight excluding hydrogens is 301 g/mol. The lowest BCUT2D eigenvalue weighted by molar-refractivity contribution is 0.111. The molecule has 1 aromatic carbocycles. The number of hydrogen-bond donors (Lipinski definition) is 0. The highest BCUT2D eigenvalue weighted by Gasteiger charge is 2.45. The molecule has 2 heterocycles. The molecule has 3 rings (SSSR count). The molecule has 0 amide bonds. The minimum atomic E-state index is 0.515. The third kappa shape index (κ3) is 2.40. The molecule has 0 aliphatic carbocycles. The van der Waals surface area contributed by atoms with Gasteiger partial charge in [-0.25, -0.2) is 0 Å². The summed E-state index contributed by atoms with van der Waals surface area (Å²) in [6, 6.07) is 7.37. The molecule has 2 bridgehead atoms. The van der Waals surface area contributed by atoms with Gasteiger partial charge in [0.05, 0.1) is 10.0 Å². The van der Waals surface area contributed by atoms with Crippen LogP contribution in [0.3, 0.4) is 0 Å². The van der Waals surface area contributed by atoms with Crippen molar-refractivity contribution < 1.29 is 0 Å². The topological polar surface area (TPSA) is 3.24 Å². The summed E-state index contributed by atoms with van der Waals surface area (Å²) in [5, 5.41) is 1.28. The van der Waals surface area contributed by atoms with Gasteiger partial charge in [0.1, 0.15) is 0 Å². The van der Waals surface area contributed by atoms with Gasteiger partial charge in [0.2, 0.25) is 0 Å². The van der Waals surface area contributed by atoms with Crippen LogP contribution < -0.4 is 0 Å². The maximum atomic E-state index is 6.27. The smallest absolute Gasteiger partial charge is 0.0595 e. The van der Waals surface area contributed by atoms with Crippen LogP contribution in [0.15, 0.2) is 18.2 Å². The lowest BCUT2D eigenvalue weighted by Gasteiger charge is -2.42. The summed E-state index contributed by atoms with van der Waals surface area (Å²) in [6.07, 6.45) is 3.76. The van der Waals surface area contributed by atoms with E-state index in [9.17, 15) is 0 Å². The Morgan fingerprint density at radius 3 is 2.68 bits per heavy atom. The van der Waals surface area contributed by atoms with E-state index in [4.69, 9.17) is 34.8 Å². The first kappa shape index (κ1) is 14.0. The van der Waals surface area contributed by atoms with Crippen LogP contribution in [0.5, 0.6) is 0 Å². The van der Waals surface area contributed by atoms with Crippen LogP contribution in [0.2, 0.25) is 10.0 Å². The molecule has 2 aliphatic heterocycles. The van der Waals surface area contributed by atoms with Crippen molar-refractivity contribution in [3.05, 3.63) is 33.8 Å². The van der Waals surface area contributed by atoms with Crippen LogP contribution in [0, 0.1) is 5.92 Å². The molecule has 19 heavy (non-hydrogen) atoms. The van der Waals surface area contributed by atoms with Gasteiger partial charge in [-0.15, -0.1) is 11.6 Å². The number of alkyl halides is 1. The Labute approximate surface area is 129 Å². The average molecular weight is 319 g/mol. The molecule has 104 valence electrons. The normalized spacial score (nSPS) is 34.7. The second-order valence-electron chi connectivity index (χ2n) is 5.80. The molecule has 1 aromatic rings. The first-order chi connectivity index (χ1) is 9.11. The van der Waals surface area contributed by atoms with Crippen molar-refractivity contribution in [2.75, 3.05) is 12.9 Å². The number of halogens is 3. The van der Waals surface area contributed by atoms with E-state index in [1.54, 1.807) is 0 Å². The van der Waals surface area contributed by atoms with Crippen molar-refractivity contribution in [1.82, 2.24) is 4.90 Å². The summed E-state index contributed by atoms with van der Waals surface area (Å²) >= 11 is 18.4. The highest BCUT2D eigenvalue weighted by molar-refractivity contribution is 6.42. The van der Waals surface area contributed by atoms with E-state index >= 15 is 0 Å². The summed E-state index contributed by atoms with van der Waals surface area (Å²) < 4.78 is 0. The molecule has 2 fully saturated rings. The van der Waals surface area contributed by atoms with Crippen molar-refractivity contribution in [2.45, 2.75) is 37.3 Å². The van der Waals surface area contributed by atoms with E-state index in [1.165, 1.54) is 24.8 Å². The minimum Gasteiger partial charge on any atom is -0.300 e. The summed E-state index contributed by atoms with van der Waals surface area (Å²) in [7, 11) is 2.24. The second kappa shape index (κ2) is 5.44. The maximum absolute atomic E-state index is 6.27. The molecule has 0 aromatic heterocycles. The van der Waals surface area contributed by atoms with E-state index < -0.39 is 0 Å². The summed E-state index contributed by atoms with van der Waals surface area (Å²) in [4.78, 5) is 2.53. The molecule has 4 heteroatoms. The van der Waals surface area contributed by atoms with E-state index in [0.29, 0.717) is 39.8 Å². The molecule has 0 radical (unpaired) electrons.